The number of fused-ring (bicyclic) bond motifs is 1. The molecule has 0 saturated carbocycles. The van der Waals surface area contributed by atoms with Crippen LogP contribution in [-0.4, -0.2) is 71.5 Å². The van der Waals surface area contributed by atoms with Crippen molar-refractivity contribution in [1.29, 1.82) is 0 Å². The third-order valence-corrected chi connectivity index (χ3v) is 8.15. The molecule has 9 nitrogen and oxygen atoms in total. The lowest BCUT2D eigenvalue weighted by Gasteiger charge is -2.34. The molecule has 1 aliphatic rings. The fourth-order valence-electron chi connectivity index (χ4n) is 5.81. The van der Waals surface area contributed by atoms with E-state index < -0.39 is 17.9 Å². The van der Waals surface area contributed by atoms with Gasteiger partial charge in [-0.05, 0) is 63.2 Å². The molecule has 3 N–H and O–H groups in total. The van der Waals surface area contributed by atoms with Crippen LogP contribution in [0.1, 0.15) is 67.9 Å². The molecule has 4 rings (SSSR count). The van der Waals surface area contributed by atoms with Crippen molar-refractivity contribution in [3.05, 3.63) is 65.4 Å². The SMILES string of the molecule is CC(=O)c1ccc(CN(C)C)cc1NC(=O)[C@H](NC(=O)N1CCC(C(=O)C(C)C)CC1)[C@@H](C)c1c[nH]c2ccccc12. The summed E-state index contributed by atoms with van der Waals surface area (Å²) < 4.78 is 0. The molecule has 3 amide bonds. The van der Waals surface area contributed by atoms with Gasteiger partial charge in [-0.25, -0.2) is 4.79 Å². The number of para-hydroxylation sites is 1. The van der Waals surface area contributed by atoms with E-state index in [1.807, 2.05) is 82.4 Å². The van der Waals surface area contributed by atoms with Gasteiger partial charge in [0.05, 0.1) is 5.69 Å². The Balaban J connectivity index is 1.61. The highest BCUT2D eigenvalue weighted by Gasteiger charge is 2.34. The Morgan fingerprint density at radius 1 is 1.02 bits per heavy atom. The molecule has 1 fully saturated rings. The molecule has 0 radical (unpaired) electrons. The van der Waals surface area contributed by atoms with Crippen molar-refractivity contribution in [3.8, 4) is 0 Å². The van der Waals surface area contributed by atoms with Gasteiger partial charge >= 0.3 is 6.03 Å². The van der Waals surface area contributed by atoms with Gasteiger partial charge in [-0.1, -0.05) is 45.0 Å². The van der Waals surface area contributed by atoms with Crippen LogP contribution in [0.4, 0.5) is 10.5 Å². The Hall–Kier alpha value is -3.98. The smallest absolute Gasteiger partial charge is 0.318 e. The summed E-state index contributed by atoms with van der Waals surface area (Å²) in [7, 11) is 3.90. The summed E-state index contributed by atoms with van der Waals surface area (Å²) in [6.07, 6.45) is 3.10. The van der Waals surface area contributed by atoms with Crippen molar-refractivity contribution < 1.29 is 19.2 Å². The van der Waals surface area contributed by atoms with Crippen LogP contribution >= 0.6 is 0 Å². The largest absolute Gasteiger partial charge is 0.361 e. The number of nitrogens with zero attached hydrogens (tertiary/aromatic N) is 2. The van der Waals surface area contributed by atoms with Crippen LogP contribution in [0.5, 0.6) is 0 Å². The lowest BCUT2D eigenvalue weighted by molar-refractivity contribution is -0.127. The Labute approximate surface area is 248 Å². The number of rotatable bonds is 10. The number of aromatic amines is 1. The Bertz CT molecular complexity index is 1450. The van der Waals surface area contributed by atoms with Crippen molar-refractivity contribution in [1.82, 2.24) is 20.1 Å². The quantitative estimate of drug-likeness (QED) is 0.289. The summed E-state index contributed by atoms with van der Waals surface area (Å²) in [5.41, 5.74) is 3.62. The van der Waals surface area contributed by atoms with Gasteiger partial charge in [0.25, 0.3) is 0 Å². The van der Waals surface area contributed by atoms with E-state index in [0.29, 0.717) is 43.7 Å². The van der Waals surface area contributed by atoms with E-state index >= 15 is 0 Å². The number of ketones is 2. The second kappa shape index (κ2) is 13.3. The maximum atomic E-state index is 14.0. The third kappa shape index (κ3) is 7.07. The molecule has 3 aromatic rings. The monoisotopic (exact) mass is 573 g/mol. The number of piperidine rings is 1. The van der Waals surface area contributed by atoms with E-state index in [1.54, 1.807) is 11.0 Å². The van der Waals surface area contributed by atoms with Gasteiger partial charge in [0, 0.05) is 60.1 Å². The summed E-state index contributed by atoms with van der Waals surface area (Å²) >= 11 is 0. The molecule has 0 unspecified atom stereocenters. The van der Waals surface area contributed by atoms with E-state index in [9.17, 15) is 19.2 Å². The van der Waals surface area contributed by atoms with Crippen molar-refractivity contribution in [3.63, 3.8) is 0 Å². The first-order valence-corrected chi connectivity index (χ1v) is 14.7. The average Bonchev–Trinajstić information content (AvgIpc) is 3.39. The van der Waals surface area contributed by atoms with Gasteiger partial charge in [0.2, 0.25) is 5.91 Å². The predicted molar refractivity (Wildman–Crippen MR) is 166 cm³/mol. The number of benzene rings is 2. The topological polar surface area (TPSA) is 115 Å². The van der Waals surface area contributed by atoms with Crippen LogP contribution in [0.25, 0.3) is 10.9 Å². The van der Waals surface area contributed by atoms with Gasteiger partial charge in [-0.2, -0.15) is 0 Å². The summed E-state index contributed by atoms with van der Waals surface area (Å²) in [6.45, 7) is 8.74. The predicted octanol–water partition coefficient (Wildman–Crippen LogP) is 5.19. The summed E-state index contributed by atoms with van der Waals surface area (Å²) in [5.74, 6) is -0.801. The highest BCUT2D eigenvalue weighted by atomic mass is 16.2. The number of urea groups is 1. The van der Waals surface area contributed by atoms with Crippen molar-refractivity contribution in [2.24, 2.45) is 11.8 Å². The fraction of sp³-hybridized carbons (Fsp3) is 0.455. The highest BCUT2D eigenvalue weighted by molar-refractivity contribution is 6.06. The fourth-order valence-corrected chi connectivity index (χ4v) is 5.81. The van der Waals surface area contributed by atoms with Gasteiger partial charge in [0.15, 0.2) is 5.78 Å². The number of likely N-dealkylation sites (tertiary alicyclic amines) is 1. The van der Waals surface area contributed by atoms with Crippen LogP contribution in [0, 0.1) is 11.8 Å². The molecule has 9 heteroatoms. The van der Waals surface area contributed by atoms with E-state index in [0.717, 1.165) is 22.0 Å². The first-order chi connectivity index (χ1) is 20.0. The molecular formula is C33H43N5O4. The maximum Gasteiger partial charge on any atom is 0.318 e. The number of anilines is 1. The molecule has 1 aromatic heterocycles. The zero-order valence-corrected chi connectivity index (χ0v) is 25.5. The van der Waals surface area contributed by atoms with Crippen molar-refractivity contribution in [2.75, 3.05) is 32.5 Å². The summed E-state index contributed by atoms with van der Waals surface area (Å²) in [4.78, 5) is 59.5. The number of amides is 3. The lowest BCUT2D eigenvalue weighted by atomic mass is 9.87. The zero-order valence-electron chi connectivity index (χ0n) is 25.5. The number of hydrogen-bond donors (Lipinski definition) is 3. The number of Topliss-reactive ketones (excluding diaryl/α,β-unsaturated/α-hetero) is 2. The second-order valence-electron chi connectivity index (χ2n) is 12.0. The summed E-state index contributed by atoms with van der Waals surface area (Å²) in [5, 5.41) is 6.95. The van der Waals surface area contributed by atoms with E-state index in [4.69, 9.17) is 0 Å². The minimum absolute atomic E-state index is 0.0309. The first-order valence-electron chi connectivity index (χ1n) is 14.7. The number of carbonyl (C=O) groups excluding carboxylic acids is 4. The van der Waals surface area contributed by atoms with Gasteiger partial charge in [-0.3, -0.25) is 14.4 Å². The Morgan fingerprint density at radius 3 is 2.36 bits per heavy atom. The normalized spacial score (nSPS) is 15.6. The molecule has 0 spiro atoms. The van der Waals surface area contributed by atoms with Crippen molar-refractivity contribution >= 4 is 40.1 Å². The van der Waals surface area contributed by atoms with Crippen molar-refractivity contribution in [2.45, 2.75) is 59.0 Å². The van der Waals surface area contributed by atoms with E-state index in [-0.39, 0.29) is 29.4 Å². The van der Waals surface area contributed by atoms with Crippen LogP contribution < -0.4 is 10.6 Å². The van der Waals surface area contributed by atoms with Gasteiger partial charge < -0.3 is 25.4 Å². The van der Waals surface area contributed by atoms with Crippen LogP contribution in [0.15, 0.2) is 48.7 Å². The second-order valence-corrected chi connectivity index (χ2v) is 12.0. The van der Waals surface area contributed by atoms with Gasteiger partial charge in [0.1, 0.15) is 11.8 Å². The molecule has 2 aromatic carbocycles. The van der Waals surface area contributed by atoms with Crippen LogP contribution in [0.2, 0.25) is 0 Å². The minimum Gasteiger partial charge on any atom is -0.361 e. The summed E-state index contributed by atoms with van der Waals surface area (Å²) in [6, 6.07) is 12.0. The first kappa shape index (κ1) is 31.0. The average molecular weight is 574 g/mol. The molecule has 224 valence electrons. The van der Waals surface area contributed by atoms with E-state index in [2.05, 4.69) is 15.6 Å². The number of nitrogens with one attached hydrogen (secondary N) is 3. The van der Waals surface area contributed by atoms with Crippen LogP contribution in [-0.2, 0) is 16.1 Å². The molecular weight excluding hydrogens is 530 g/mol. The molecule has 42 heavy (non-hydrogen) atoms. The molecule has 2 heterocycles. The number of carbonyl (C=O) groups is 4. The van der Waals surface area contributed by atoms with Gasteiger partial charge in [-0.15, -0.1) is 0 Å². The molecule has 1 aliphatic heterocycles. The molecule has 1 saturated heterocycles. The van der Waals surface area contributed by atoms with E-state index in [1.165, 1.54) is 6.92 Å². The Morgan fingerprint density at radius 2 is 1.71 bits per heavy atom. The molecule has 2 atom stereocenters. The molecule has 0 bridgehead atoms. The molecule has 0 aliphatic carbocycles. The third-order valence-electron chi connectivity index (χ3n) is 8.15. The minimum atomic E-state index is -0.927. The van der Waals surface area contributed by atoms with Crippen LogP contribution in [0.3, 0.4) is 0 Å². The standard InChI is InChI=1S/C33H43N5O4/c1-20(2)31(40)24-13-15-38(16-14-24)33(42)36-30(21(3)27-18-34-28-10-8-7-9-26(27)28)32(41)35-29-17-23(19-37(5)6)11-12-25(29)22(4)39/h7-12,17-18,20-21,24,30,34H,13-16,19H2,1-6H3,(H,35,41)(H,36,42)/t21-,30+/m0/s1. The zero-order chi connectivity index (χ0) is 30.6. The number of H-pyrrole nitrogens is 1. The Kier molecular flexibility index (Phi) is 9.83. The maximum absolute atomic E-state index is 14.0. The number of hydrogen-bond acceptors (Lipinski definition) is 5. The number of aromatic nitrogens is 1. The lowest BCUT2D eigenvalue weighted by Crippen LogP contribution is -2.53. The highest BCUT2D eigenvalue weighted by Crippen LogP contribution is 2.30.